The lowest BCUT2D eigenvalue weighted by molar-refractivity contribution is -0.150. The highest BCUT2D eigenvalue weighted by molar-refractivity contribution is 5.97. The maximum absolute atomic E-state index is 13.1. The van der Waals surface area contributed by atoms with Crippen LogP contribution >= 0.6 is 0 Å². The Bertz CT molecular complexity index is 1150. The average molecular weight is 449 g/mol. The first kappa shape index (κ1) is 22.6. The Morgan fingerprint density at radius 2 is 2.00 bits per heavy atom. The fraction of sp³-hybridized carbons (Fsp3) is 0.333. The number of pyridine rings is 1. The lowest BCUT2D eigenvalue weighted by Crippen LogP contribution is -2.32. The second-order valence-corrected chi connectivity index (χ2v) is 8.00. The summed E-state index contributed by atoms with van der Waals surface area (Å²) in [6.07, 6.45) is 4.62. The van der Waals surface area contributed by atoms with E-state index in [-0.39, 0.29) is 12.1 Å². The van der Waals surface area contributed by atoms with Gasteiger partial charge in [-0.05, 0) is 44.8 Å². The number of hydroxylamine groups is 2. The summed E-state index contributed by atoms with van der Waals surface area (Å²) in [7, 11) is 5.40. The van der Waals surface area contributed by atoms with Gasteiger partial charge >= 0.3 is 0 Å². The van der Waals surface area contributed by atoms with Gasteiger partial charge in [-0.1, -0.05) is 13.0 Å². The molecule has 172 valence electrons. The lowest BCUT2D eigenvalue weighted by Gasteiger charge is -2.21. The molecule has 0 aliphatic carbocycles. The number of nitrogens with zero attached hydrogens (tertiary/aromatic N) is 5. The van der Waals surface area contributed by atoms with E-state index >= 15 is 0 Å². The van der Waals surface area contributed by atoms with Gasteiger partial charge in [0.1, 0.15) is 24.1 Å². The minimum Gasteiger partial charge on any atom is -0.496 e. The third-order valence-electron chi connectivity index (χ3n) is 5.67. The van der Waals surface area contributed by atoms with Gasteiger partial charge in [0.05, 0.1) is 30.6 Å². The van der Waals surface area contributed by atoms with Gasteiger partial charge in [-0.2, -0.15) is 0 Å². The molecule has 1 aliphatic heterocycles. The normalized spacial score (nSPS) is 15.8. The highest BCUT2D eigenvalue weighted by atomic mass is 16.7. The largest absolute Gasteiger partial charge is 0.496 e. The number of methoxy groups -OCH3 is 1. The van der Waals surface area contributed by atoms with E-state index in [2.05, 4.69) is 15.0 Å². The Morgan fingerprint density at radius 1 is 1.21 bits per heavy atom. The summed E-state index contributed by atoms with van der Waals surface area (Å²) in [6, 6.07) is 9.10. The first-order chi connectivity index (χ1) is 15.9. The molecule has 1 atom stereocenters. The molecule has 3 aromatic rings. The Kier molecular flexibility index (Phi) is 6.52. The molecule has 9 nitrogen and oxygen atoms in total. The zero-order chi connectivity index (χ0) is 23.5. The van der Waals surface area contributed by atoms with Crippen molar-refractivity contribution < 1.29 is 14.4 Å². The molecule has 0 bridgehead atoms. The van der Waals surface area contributed by atoms with Crippen LogP contribution in [0.15, 0.2) is 42.9 Å². The molecule has 2 N–H and O–H groups in total. The van der Waals surface area contributed by atoms with Crippen molar-refractivity contribution in [2.24, 2.45) is 0 Å². The highest BCUT2D eigenvalue weighted by Gasteiger charge is 2.31. The summed E-state index contributed by atoms with van der Waals surface area (Å²) in [4.78, 5) is 34.1. The SMILES string of the molecule is CCc1ncnc(-c2ccc(C(=O)N3CC[C@H](N(C)C)O3)c(OC)c2)c1-c1ccc(N)nc1. The van der Waals surface area contributed by atoms with Gasteiger partial charge in [-0.3, -0.25) is 14.5 Å². The Labute approximate surface area is 193 Å². The average Bonchev–Trinajstić information content (AvgIpc) is 3.34. The van der Waals surface area contributed by atoms with E-state index in [1.54, 1.807) is 31.8 Å². The quantitative estimate of drug-likeness (QED) is 0.613. The molecule has 1 saturated heterocycles. The van der Waals surface area contributed by atoms with E-state index in [1.807, 2.05) is 44.1 Å². The topological polar surface area (TPSA) is 107 Å². The number of ether oxygens (including phenoxy) is 1. The molecule has 0 unspecified atom stereocenters. The van der Waals surface area contributed by atoms with Crippen LogP contribution in [-0.4, -0.2) is 64.8 Å². The number of rotatable bonds is 6. The van der Waals surface area contributed by atoms with Crippen LogP contribution in [0.5, 0.6) is 5.75 Å². The van der Waals surface area contributed by atoms with Crippen molar-refractivity contribution in [2.45, 2.75) is 26.0 Å². The van der Waals surface area contributed by atoms with Crippen molar-refractivity contribution in [3.05, 3.63) is 54.1 Å². The zero-order valence-electron chi connectivity index (χ0n) is 19.3. The molecule has 9 heteroatoms. The maximum Gasteiger partial charge on any atom is 0.281 e. The van der Waals surface area contributed by atoms with Gasteiger partial charge in [0.15, 0.2) is 0 Å². The second kappa shape index (κ2) is 9.51. The summed E-state index contributed by atoms with van der Waals surface area (Å²) in [5.74, 6) is 0.662. The smallest absolute Gasteiger partial charge is 0.281 e. The fourth-order valence-electron chi connectivity index (χ4n) is 3.90. The van der Waals surface area contributed by atoms with Crippen LogP contribution in [0, 0.1) is 0 Å². The Balaban J connectivity index is 1.73. The summed E-state index contributed by atoms with van der Waals surface area (Å²) >= 11 is 0. The second-order valence-electron chi connectivity index (χ2n) is 8.00. The van der Waals surface area contributed by atoms with Crippen molar-refractivity contribution in [3.8, 4) is 28.1 Å². The number of nitrogen functional groups attached to an aromatic ring is 1. The lowest BCUT2D eigenvalue weighted by atomic mass is 9.96. The number of nitrogens with two attached hydrogens (primary N) is 1. The van der Waals surface area contributed by atoms with Crippen LogP contribution < -0.4 is 10.5 Å². The van der Waals surface area contributed by atoms with Crippen LogP contribution in [0.1, 0.15) is 29.4 Å². The molecule has 1 aliphatic rings. The molecular formula is C24H28N6O3. The number of carbonyl (C=O) groups excluding carboxylic acids is 1. The van der Waals surface area contributed by atoms with E-state index < -0.39 is 0 Å². The maximum atomic E-state index is 13.1. The molecule has 2 aromatic heterocycles. The van der Waals surface area contributed by atoms with Gasteiger partial charge in [0, 0.05) is 29.3 Å². The highest BCUT2D eigenvalue weighted by Crippen LogP contribution is 2.35. The molecule has 4 rings (SSSR count). The summed E-state index contributed by atoms with van der Waals surface area (Å²) in [5.41, 5.74) is 10.4. The third kappa shape index (κ3) is 4.50. The first-order valence-corrected chi connectivity index (χ1v) is 10.8. The van der Waals surface area contributed by atoms with Crippen molar-refractivity contribution >= 4 is 11.7 Å². The minimum atomic E-state index is -0.234. The van der Waals surface area contributed by atoms with Crippen LogP contribution in [0.4, 0.5) is 5.82 Å². The molecule has 1 fully saturated rings. The number of hydrogen-bond donors (Lipinski definition) is 1. The van der Waals surface area contributed by atoms with Crippen molar-refractivity contribution in [2.75, 3.05) is 33.5 Å². The van der Waals surface area contributed by atoms with Gasteiger partial charge in [-0.15, -0.1) is 0 Å². The summed E-state index contributed by atoms with van der Waals surface area (Å²) < 4.78 is 5.59. The van der Waals surface area contributed by atoms with Crippen LogP contribution in [0.3, 0.4) is 0 Å². The van der Waals surface area contributed by atoms with Crippen molar-refractivity contribution in [1.29, 1.82) is 0 Å². The van der Waals surface area contributed by atoms with E-state index in [0.717, 1.165) is 40.9 Å². The predicted octanol–water partition coefficient (Wildman–Crippen LogP) is 3.02. The van der Waals surface area contributed by atoms with E-state index in [9.17, 15) is 4.79 Å². The third-order valence-corrected chi connectivity index (χ3v) is 5.67. The number of anilines is 1. The monoisotopic (exact) mass is 448 g/mol. The van der Waals surface area contributed by atoms with Gasteiger partial charge in [-0.25, -0.2) is 20.0 Å². The fourth-order valence-corrected chi connectivity index (χ4v) is 3.90. The molecule has 0 saturated carbocycles. The Morgan fingerprint density at radius 3 is 2.64 bits per heavy atom. The van der Waals surface area contributed by atoms with Crippen LogP contribution in [-0.2, 0) is 11.3 Å². The molecule has 0 radical (unpaired) electrons. The van der Waals surface area contributed by atoms with Crippen molar-refractivity contribution in [1.82, 2.24) is 24.9 Å². The first-order valence-electron chi connectivity index (χ1n) is 10.8. The van der Waals surface area contributed by atoms with E-state index in [1.165, 1.54) is 5.06 Å². The van der Waals surface area contributed by atoms with Gasteiger partial charge in [0.25, 0.3) is 5.91 Å². The molecule has 0 spiro atoms. The van der Waals surface area contributed by atoms with E-state index in [0.29, 0.717) is 23.7 Å². The van der Waals surface area contributed by atoms with Crippen LogP contribution in [0.2, 0.25) is 0 Å². The number of aryl methyl sites for hydroxylation is 1. The minimum absolute atomic E-state index is 0.122. The van der Waals surface area contributed by atoms with Crippen LogP contribution in [0.25, 0.3) is 22.4 Å². The number of hydrogen-bond acceptors (Lipinski definition) is 8. The Hall–Kier alpha value is -3.56. The number of carbonyl (C=O) groups is 1. The van der Waals surface area contributed by atoms with E-state index in [4.69, 9.17) is 15.3 Å². The van der Waals surface area contributed by atoms with Gasteiger partial charge in [0.2, 0.25) is 0 Å². The van der Waals surface area contributed by atoms with Crippen molar-refractivity contribution in [3.63, 3.8) is 0 Å². The molecule has 1 amide bonds. The predicted molar refractivity (Wildman–Crippen MR) is 125 cm³/mol. The molecule has 33 heavy (non-hydrogen) atoms. The summed E-state index contributed by atoms with van der Waals surface area (Å²) in [5, 5.41) is 1.40. The number of amides is 1. The molecule has 1 aromatic carbocycles. The standard InChI is InChI=1S/C24H28N6O3/c1-5-18-22(16-7-9-20(25)26-13-16)23(28-14-27-18)15-6-8-17(19(12-15)32-4)24(31)30-11-10-21(33-30)29(2)3/h6-9,12-14,21H,5,10-11H2,1-4H3,(H2,25,26)/t21-/m1/s1. The number of benzene rings is 1. The zero-order valence-corrected chi connectivity index (χ0v) is 19.3. The number of aromatic nitrogens is 3. The summed E-state index contributed by atoms with van der Waals surface area (Å²) in [6.45, 7) is 2.56. The molecular weight excluding hydrogens is 420 g/mol. The molecule has 3 heterocycles. The van der Waals surface area contributed by atoms with Gasteiger partial charge < -0.3 is 10.5 Å².